The van der Waals surface area contributed by atoms with Gasteiger partial charge in [-0.2, -0.15) is 0 Å². The van der Waals surface area contributed by atoms with Gasteiger partial charge < -0.3 is 20.3 Å². The van der Waals surface area contributed by atoms with Crippen molar-refractivity contribution in [1.82, 2.24) is 15.5 Å². The summed E-state index contributed by atoms with van der Waals surface area (Å²) in [5.41, 5.74) is 1.13. The van der Waals surface area contributed by atoms with Crippen molar-refractivity contribution < 1.29 is 9.13 Å². The summed E-state index contributed by atoms with van der Waals surface area (Å²) in [6, 6.07) is 14.9. The Hall–Kier alpha value is -2.60. The summed E-state index contributed by atoms with van der Waals surface area (Å²) < 4.78 is 18.7. The van der Waals surface area contributed by atoms with E-state index in [1.54, 1.807) is 19.2 Å². The van der Waals surface area contributed by atoms with Gasteiger partial charge in [0.15, 0.2) is 5.96 Å². The molecule has 29 heavy (non-hydrogen) atoms. The number of likely N-dealkylation sites (tertiary alicyclic amines) is 1. The first-order valence-electron chi connectivity index (χ1n) is 10.3. The van der Waals surface area contributed by atoms with Gasteiger partial charge in [-0.25, -0.2) is 4.39 Å². The highest BCUT2D eigenvalue weighted by Crippen LogP contribution is 2.21. The van der Waals surface area contributed by atoms with Gasteiger partial charge in [-0.15, -0.1) is 0 Å². The summed E-state index contributed by atoms with van der Waals surface area (Å²) in [4.78, 5) is 6.88. The Labute approximate surface area is 173 Å². The molecule has 1 aliphatic rings. The first-order chi connectivity index (χ1) is 14.0. The molecule has 0 unspecified atom stereocenters. The predicted octanol–water partition coefficient (Wildman–Crippen LogP) is 4.16. The van der Waals surface area contributed by atoms with Crippen LogP contribution in [0, 0.1) is 5.82 Å². The Kier molecular flexibility index (Phi) is 7.47. The Morgan fingerprint density at radius 2 is 1.66 bits per heavy atom. The molecule has 2 aromatic rings. The van der Waals surface area contributed by atoms with E-state index in [2.05, 4.69) is 34.4 Å². The maximum absolute atomic E-state index is 13.0. The van der Waals surface area contributed by atoms with Crippen molar-refractivity contribution in [3.63, 3.8) is 0 Å². The fraction of sp³-hybridized carbons (Fsp3) is 0.435. The van der Waals surface area contributed by atoms with E-state index in [1.807, 2.05) is 24.3 Å². The van der Waals surface area contributed by atoms with E-state index in [-0.39, 0.29) is 5.82 Å². The number of halogens is 1. The monoisotopic (exact) mass is 398 g/mol. The van der Waals surface area contributed by atoms with Crippen molar-refractivity contribution in [2.75, 3.05) is 20.1 Å². The molecule has 1 heterocycles. The van der Waals surface area contributed by atoms with Crippen molar-refractivity contribution in [1.29, 1.82) is 0 Å². The number of piperidine rings is 1. The Morgan fingerprint density at radius 3 is 2.21 bits per heavy atom. The lowest BCUT2D eigenvalue weighted by molar-refractivity contribution is 0.167. The van der Waals surface area contributed by atoms with Crippen LogP contribution in [0.2, 0.25) is 0 Å². The number of hydrogen-bond acceptors (Lipinski definition) is 3. The number of rotatable bonds is 6. The largest absolute Gasteiger partial charge is 0.457 e. The molecule has 0 radical (unpaired) electrons. The number of ether oxygens (including phenoxy) is 1. The van der Waals surface area contributed by atoms with E-state index in [1.165, 1.54) is 12.1 Å². The van der Waals surface area contributed by atoms with Crippen LogP contribution in [0.25, 0.3) is 0 Å². The van der Waals surface area contributed by atoms with Crippen molar-refractivity contribution in [3.8, 4) is 11.5 Å². The van der Waals surface area contributed by atoms with Crippen LogP contribution in [-0.2, 0) is 6.54 Å². The maximum atomic E-state index is 13.0. The van der Waals surface area contributed by atoms with E-state index in [0.29, 0.717) is 24.4 Å². The lowest BCUT2D eigenvalue weighted by Gasteiger charge is -2.35. The van der Waals surface area contributed by atoms with Crippen LogP contribution in [-0.4, -0.2) is 43.1 Å². The SMILES string of the molecule is CN=C(NCc1ccc(Oc2ccc(F)cc2)cc1)NC1CCN(C(C)C)CC1. The fourth-order valence-electron chi connectivity index (χ4n) is 3.45. The van der Waals surface area contributed by atoms with Gasteiger partial charge >= 0.3 is 0 Å². The summed E-state index contributed by atoms with van der Waals surface area (Å²) in [6.07, 6.45) is 2.27. The number of aliphatic imine (C=N–C) groups is 1. The van der Waals surface area contributed by atoms with Crippen LogP contribution in [0.4, 0.5) is 4.39 Å². The lowest BCUT2D eigenvalue weighted by atomic mass is 10.0. The second-order valence-electron chi connectivity index (χ2n) is 7.67. The molecule has 2 aromatic carbocycles. The standard InChI is InChI=1S/C23H31FN4O/c1-17(2)28-14-12-20(13-15-28)27-23(25-3)26-16-18-4-8-21(9-5-18)29-22-10-6-19(24)7-11-22/h4-11,17,20H,12-16H2,1-3H3,(H2,25,26,27). The Balaban J connectivity index is 1.45. The minimum Gasteiger partial charge on any atom is -0.457 e. The molecule has 6 heteroatoms. The average Bonchev–Trinajstić information content (AvgIpc) is 2.74. The Morgan fingerprint density at radius 1 is 1.07 bits per heavy atom. The minimum absolute atomic E-state index is 0.272. The summed E-state index contributed by atoms with van der Waals surface area (Å²) in [6.45, 7) is 7.44. The van der Waals surface area contributed by atoms with Gasteiger partial charge in [0.25, 0.3) is 0 Å². The number of benzene rings is 2. The van der Waals surface area contributed by atoms with Crippen LogP contribution in [0.15, 0.2) is 53.5 Å². The predicted molar refractivity (Wildman–Crippen MR) is 116 cm³/mol. The van der Waals surface area contributed by atoms with Crippen LogP contribution in [0.3, 0.4) is 0 Å². The highest BCUT2D eigenvalue weighted by Gasteiger charge is 2.21. The molecule has 0 bridgehead atoms. The lowest BCUT2D eigenvalue weighted by Crippen LogP contribution is -2.49. The molecular formula is C23H31FN4O. The second kappa shape index (κ2) is 10.3. The zero-order valence-corrected chi connectivity index (χ0v) is 17.5. The van der Waals surface area contributed by atoms with Crippen LogP contribution in [0.1, 0.15) is 32.3 Å². The molecule has 0 aliphatic carbocycles. The molecule has 0 spiro atoms. The summed E-state index contributed by atoms with van der Waals surface area (Å²) in [7, 11) is 1.80. The third-order valence-corrected chi connectivity index (χ3v) is 5.26. The van der Waals surface area contributed by atoms with Crippen LogP contribution < -0.4 is 15.4 Å². The molecular weight excluding hydrogens is 367 g/mol. The second-order valence-corrected chi connectivity index (χ2v) is 7.67. The zero-order valence-electron chi connectivity index (χ0n) is 17.5. The highest BCUT2D eigenvalue weighted by atomic mass is 19.1. The fourth-order valence-corrected chi connectivity index (χ4v) is 3.45. The van der Waals surface area contributed by atoms with E-state index in [9.17, 15) is 4.39 Å². The molecule has 0 saturated carbocycles. The first-order valence-corrected chi connectivity index (χ1v) is 10.3. The van der Waals surface area contributed by atoms with E-state index in [4.69, 9.17) is 4.74 Å². The van der Waals surface area contributed by atoms with Gasteiger partial charge in [0, 0.05) is 38.8 Å². The summed E-state index contributed by atoms with van der Waals surface area (Å²) in [5.74, 6) is 1.90. The van der Waals surface area contributed by atoms with E-state index >= 15 is 0 Å². The number of hydrogen-bond donors (Lipinski definition) is 2. The van der Waals surface area contributed by atoms with Gasteiger partial charge in [-0.05, 0) is 68.7 Å². The summed E-state index contributed by atoms with van der Waals surface area (Å²) >= 11 is 0. The van der Waals surface area contributed by atoms with Crippen LogP contribution >= 0.6 is 0 Å². The topological polar surface area (TPSA) is 48.9 Å². The maximum Gasteiger partial charge on any atom is 0.191 e. The van der Waals surface area contributed by atoms with E-state index in [0.717, 1.165) is 43.2 Å². The first kappa shape index (κ1) is 21.1. The Bertz CT molecular complexity index is 782. The van der Waals surface area contributed by atoms with Gasteiger partial charge in [0.05, 0.1) is 0 Å². The van der Waals surface area contributed by atoms with Gasteiger partial charge in [-0.3, -0.25) is 4.99 Å². The molecule has 1 saturated heterocycles. The van der Waals surface area contributed by atoms with Crippen LogP contribution in [0.5, 0.6) is 11.5 Å². The number of nitrogens with one attached hydrogen (secondary N) is 2. The molecule has 1 fully saturated rings. The quantitative estimate of drug-likeness (QED) is 0.567. The van der Waals surface area contributed by atoms with Gasteiger partial charge in [0.1, 0.15) is 17.3 Å². The molecule has 5 nitrogen and oxygen atoms in total. The normalized spacial score (nSPS) is 16.1. The molecule has 0 amide bonds. The molecule has 0 atom stereocenters. The molecule has 0 aromatic heterocycles. The van der Waals surface area contributed by atoms with Gasteiger partial charge in [-0.1, -0.05) is 12.1 Å². The zero-order chi connectivity index (χ0) is 20.6. The molecule has 156 valence electrons. The van der Waals surface area contributed by atoms with Crippen molar-refractivity contribution in [3.05, 3.63) is 59.9 Å². The number of nitrogens with zero attached hydrogens (tertiary/aromatic N) is 2. The molecule has 3 rings (SSSR count). The molecule has 2 N–H and O–H groups in total. The molecule has 1 aliphatic heterocycles. The van der Waals surface area contributed by atoms with Crippen molar-refractivity contribution >= 4 is 5.96 Å². The third-order valence-electron chi connectivity index (χ3n) is 5.26. The van der Waals surface area contributed by atoms with E-state index < -0.39 is 0 Å². The van der Waals surface area contributed by atoms with Gasteiger partial charge in [0.2, 0.25) is 0 Å². The van der Waals surface area contributed by atoms with Crippen molar-refractivity contribution in [2.24, 2.45) is 4.99 Å². The average molecular weight is 399 g/mol. The number of guanidine groups is 1. The highest BCUT2D eigenvalue weighted by molar-refractivity contribution is 5.79. The minimum atomic E-state index is -0.272. The summed E-state index contributed by atoms with van der Waals surface area (Å²) in [5, 5.41) is 6.93. The van der Waals surface area contributed by atoms with Crippen molar-refractivity contribution in [2.45, 2.75) is 45.3 Å². The third kappa shape index (κ3) is 6.46. The smallest absolute Gasteiger partial charge is 0.191 e.